The van der Waals surface area contributed by atoms with Crippen molar-refractivity contribution in [3.8, 4) is 0 Å². The molecule has 0 aromatic carbocycles. The minimum Gasteiger partial charge on any atom is -0.365 e. The molecule has 106 valence electrons. The van der Waals surface area contributed by atoms with E-state index in [-0.39, 0.29) is 0 Å². The lowest BCUT2D eigenvalue weighted by atomic mass is 9.82. The molecule has 1 N–H and O–H groups in total. The van der Waals surface area contributed by atoms with Crippen LogP contribution in [0.25, 0.3) is 0 Å². The van der Waals surface area contributed by atoms with Gasteiger partial charge in [0.05, 0.1) is 6.54 Å². The fourth-order valence-corrected chi connectivity index (χ4v) is 3.42. The zero-order valence-electron chi connectivity index (χ0n) is 12.9. The minimum atomic E-state index is 0.367. The van der Waals surface area contributed by atoms with E-state index < -0.39 is 0 Å². The Hall–Kier alpha value is -0.180. The maximum absolute atomic E-state index is 4.66. The molecule has 3 heteroatoms. The maximum atomic E-state index is 4.66. The van der Waals surface area contributed by atoms with Gasteiger partial charge >= 0.3 is 0 Å². The smallest absolute Gasteiger partial charge is 0.156 e. The molecule has 1 aliphatic rings. The molecule has 2 unspecified atom stereocenters. The number of thioether (sulfide) groups is 1. The van der Waals surface area contributed by atoms with E-state index in [1.165, 1.54) is 18.0 Å². The van der Waals surface area contributed by atoms with Gasteiger partial charge in [0.2, 0.25) is 0 Å². The molecule has 0 fully saturated rings. The molecule has 18 heavy (non-hydrogen) atoms. The lowest BCUT2D eigenvalue weighted by Gasteiger charge is -2.27. The molecule has 0 aromatic heterocycles. The van der Waals surface area contributed by atoms with Crippen molar-refractivity contribution < 1.29 is 0 Å². The molecule has 0 saturated carbocycles. The predicted molar refractivity (Wildman–Crippen MR) is 84.4 cm³/mol. The summed E-state index contributed by atoms with van der Waals surface area (Å²) in [4.78, 5) is 4.66. The Morgan fingerprint density at radius 1 is 1.33 bits per heavy atom. The van der Waals surface area contributed by atoms with E-state index in [1.807, 2.05) is 11.8 Å². The molecular formula is C15H30N2S. The Morgan fingerprint density at radius 3 is 2.44 bits per heavy atom. The molecule has 0 spiro atoms. The molecule has 2 nitrogen and oxygen atoms in total. The number of hydrogen-bond donors (Lipinski definition) is 1. The highest BCUT2D eigenvalue weighted by atomic mass is 32.2. The highest BCUT2D eigenvalue weighted by molar-refractivity contribution is 8.14. The SMILES string of the molecule is CCC(CC)C1CN=C(NCC(C)C(C)(C)C)S1. The normalized spacial score (nSPS) is 22.2. The van der Waals surface area contributed by atoms with Gasteiger partial charge in [-0.3, -0.25) is 4.99 Å². The largest absolute Gasteiger partial charge is 0.365 e. The summed E-state index contributed by atoms with van der Waals surface area (Å²) in [6.45, 7) is 15.8. The second kappa shape index (κ2) is 6.83. The predicted octanol–water partition coefficient (Wildman–Crippen LogP) is 4.17. The van der Waals surface area contributed by atoms with Crippen LogP contribution in [0, 0.1) is 17.3 Å². The Labute approximate surface area is 117 Å². The summed E-state index contributed by atoms with van der Waals surface area (Å²) in [7, 11) is 0. The van der Waals surface area contributed by atoms with Gasteiger partial charge in [0.15, 0.2) is 5.17 Å². The summed E-state index contributed by atoms with van der Waals surface area (Å²) in [6.07, 6.45) is 2.55. The number of nitrogens with one attached hydrogen (secondary N) is 1. The molecule has 2 atom stereocenters. The van der Waals surface area contributed by atoms with Gasteiger partial charge in [0, 0.05) is 11.8 Å². The number of nitrogens with zero attached hydrogens (tertiary/aromatic N) is 1. The molecule has 0 amide bonds. The Kier molecular flexibility index (Phi) is 6.03. The maximum Gasteiger partial charge on any atom is 0.156 e. The second-order valence-corrected chi connectivity index (χ2v) is 7.75. The average molecular weight is 270 g/mol. The highest BCUT2D eigenvalue weighted by Crippen LogP contribution is 2.31. The first-order valence-electron chi connectivity index (χ1n) is 7.33. The summed E-state index contributed by atoms with van der Waals surface area (Å²) in [6, 6.07) is 0. The van der Waals surface area contributed by atoms with Crippen molar-refractivity contribution in [2.24, 2.45) is 22.2 Å². The molecule has 0 aromatic rings. The van der Waals surface area contributed by atoms with Crippen molar-refractivity contribution in [2.75, 3.05) is 13.1 Å². The highest BCUT2D eigenvalue weighted by Gasteiger charge is 2.27. The monoisotopic (exact) mass is 270 g/mol. The fourth-order valence-electron chi connectivity index (χ4n) is 2.09. The third kappa shape index (κ3) is 4.49. The van der Waals surface area contributed by atoms with Gasteiger partial charge in [-0.25, -0.2) is 0 Å². The topological polar surface area (TPSA) is 24.4 Å². The van der Waals surface area contributed by atoms with Crippen LogP contribution in [-0.2, 0) is 0 Å². The quantitative estimate of drug-likeness (QED) is 0.811. The standard InChI is InChI=1S/C15H30N2S/c1-7-12(8-2)13-10-17-14(18-13)16-9-11(3)15(4,5)6/h11-13H,7-10H2,1-6H3,(H,16,17). The van der Waals surface area contributed by atoms with Crippen molar-refractivity contribution in [3.05, 3.63) is 0 Å². The van der Waals surface area contributed by atoms with E-state index >= 15 is 0 Å². The van der Waals surface area contributed by atoms with Crippen LogP contribution in [0.5, 0.6) is 0 Å². The van der Waals surface area contributed by atoms with E-state index in [1.54, 1.807) is 0 Å². The first kappa shape index (κ1) is 15.9. The summed E-state index contributed by atoms with van der Waals surface area (Å²) in [5.74, 6) is 1.48. The zero-order valence-corrected chi connectivity index (χ0v) is 13.7. The summed E-state index contributed by atoms with van der Waals surface area (Å²) < 4.78 is 0. The Balaban J connectivity index is 2.35. The molecule has 1 rings (SSSR count). The van der Waals surface area contributed by atoms with Crippen LogP contribution >= 0.6 is 11.8 Å². The van der Waals surface area contributed by atoms with Crippen molar-refractivity contribution in [2.45, 2.75) is 59.6 Å². The third-order valence-electron chi connectivity index (χ3n) is 4.29. The van der Waals surface area contributed by atoms with Crippen LogP contribution in [0.2, 0.25) is 0 Å². The summed E-state index contributed by atoms with van der Waals surface area (Å²) >= 11 is 1.96. The number of hydrogen-bond acceptors (Lipinski definition) is 3. The Bertz CT molecular complexity index is 277. The zero-order chi connectivity index (χ0) is 13.8. The molecular weight excluding hydrogens is 240 g/mol. The summed E-state index contributed by atoms with van der Waals surface area (Å²) in [5, 5.41) is 5.40. The van der Waals surface area contributed by atoms with Gasteiger partial charge in [-0.05, 0) is 17.3 Å². The molecule has 0 aliphatic carbocycles. The van der Waals surface area contributed by atoms with Gasteiger partial charge < -0.3 is 5.32 Å². The molecule has 0 saturated heterocycles. The van der Waals surface area contributed by atoms with Gasteiger partial charge in [0.25, 0.3) is 0 Å². The first-order valence-corrected chi connectivity index (χ1v) is 8.21. The third-order valence-corrected chi connectivity index (χ3v) is 5.62. The second-order valence-electron chi connectivity index (χ2n) is 6.53. The minimum absolute atomic E-state index is 0.367. The van der Waals surface area contributed by atoms with Gasteiger partial charge in [-0.2, -0.15) is 0 Å². The van der Waals surface area contributed by atoms with Crippen LogP contribution in [-0.4, -0.2) is 23.5 Å². The van der Waals surface area contributed by atoms with Crippen molar-refractivity contribution in [1.82, 2.24) is 5.32 Å². The molecule has 0 radical (unpaired) electrons. The first-order chi connectivity index (χ1) is 8.38. The van der Waals surface area contributed by atoms with E-state index in [4.69, 9.17) is 0 Å². The van der Waals surface area contributed by atoms with E-state index in [9.17, 15) is 0 Å². The van der Waals surface area contributed by atoms with E-state index in [0.29, 0.717) is 16.6 Å². The van der Waals surface area contributed by atoms with E-state index in [0.717, 1.165) is 19.0 Å². The number of aliphatic imine (C=N–C) groups is 1. The van der Waals surface area contributed by atoms with Crippen LogP contribution in [0.1, 0.15) is 54.4 Å². The van der Waals surface area contributed by atoms with Crippen LogP contribution < -0.4 is 5.32 Å². The Morgan fingerprint density at radius 2 is 1.94 bits per heavy atom. The lowest BCUT2D eigenvalue weighted by Crippen LogP contribution is -2.32. The van der Waals surface area contributed by atoms with Crippen LogP contribution in [0.4, 0.5) is 0 Å². The van der Waals surface area contributed by atoms with Crippen molar-refractivity contribution in [3.63, 3.8) is 0 Å². The van der Waals surface area contributed by atoms with Gasteiger partial charge in [0.1, 0.15) is 0 Å². The molecule has 0 bridgehead atoms. The van der Waals surface area contributed by atoms with Crippen LogP contribution in [0.3, 0.4) is 0 Å². The molecule has 1 heterocycles. The molecule has 1 aliphatic heterocycles. The fraction of sp³-hybridized carbons (Fsp3) is 0.933. The van der Waals surface area contributed by atoms with E-state index in [2.05, 4.69) is 51.9 Å². The van der Waals surface area contributed by atoms with Crippen molar-refractivity contribution in [1.29, 1.82) is 0 Å². The van der Waals surface area contributed by atoms with Gasteiger partial charge in [-0.15, -0.1) is 0 Å². The average Bonchev–Trinajstić information content (AvgIpc) is 2.75. The van der Waals surface area contributed by atoms with Crippen molar-refractivity contribution >= 4 is 16.9 Å². The van der Waals surface area contributed by atoms with Gasteiger partial charge in [-0.1, -0.05) is 66.1 Å². The number of amidine groups is 1. The summed E-state index contributed by atoms with van der Waals surface area (Å²) in [5.41, 5.74) is 0.367. The van der Waals surface area contributed by atoms with Crippen LogP contribution in [0.15, 0.2) is 4.99 Å². The number of rotatable bonds is 5. The lowest BCUT2D eigenvalue weighted by molar-refractivity contribution is 0.262.